The summed E-state index contributed by atoms with van der Waals surface area (Å²) in [6, 6.07) is 1.33. The molecule has 0 bridgehead atoms. The fourth-order valence-electron chi connectivity index (χ4n) is 5.67. The van der Waals surface area contributed by atoms with Crippen LogP contribution in [0.3, 0.4) is 0 Å². The SMILES string of the molecule is C.CC1CCC(OC[C@@H]2C[C@H](N)CN2P)CC1.CC1CCC(OC[C@@H]2C[C@H](N=[N+]=[N-])CN2P)CC1. The van der Waals surface area contributed by atoms with Crippen molar-refractivity contribution in [3.8, 4) is 0 Å². The Morgan fingerprint density at radius 2 is 1.29 bits per heavy atom. The number of ether oxygens (including phenoxy) is 2. The third-order valence-electron chi connectivity index (χ3n) is 8.11. The van der Waals surface area contributed by atoms with Crippen LogP contribution in [0.15, 0.2) is 5.11 Å². The summed E-state index contributed by atoms with van der Waals surface area (Å²) < 4.78 is 16.5. The molecule has 2 aliphatic carbocycles. The zero-order valence-electron chi connectivity index (χ0n) is 21.3. The molecule has 0 aromatic carbocycles. The lowest BCUT2D eigenvalue weighted by Crippen LogP contribution is -2.29. The predicted octanol–water partition coefficient (Wildman–Crippen LogP) is 5.53. The van der Waals surface area contributed by atoms with E-state index in [1.165, 1.54) is 51.4 Å². The molecule has 2 heterocycles. The number of nitrogens with zero attached hydrogens (tertiary/aromatic N) is 5. The van der Waals surface area contributed by atoms with Gasteiger partial charge in [0.2, 0.25) is 0 Å². The molecule has 0 aromatic heterocycles. The average molecular weight is 531 g/mol. The fraction of sp³-hybridized carbons (Fsp3) is 1.00. The molecule has 10 heteroatoms. The lowest BCUT2D eigenvalue weighted by Gasteiger charge is -2.28. The van der Waals surface area contributed by atoms with Crippen LogP contribution in [0.2, 0.25) is 0 Å². The smallest absolute Gasteiger partial charge is 0.0629 e. The molecule has 2 saturated carbocycles. The molecule has 6 atom stereocenters. The van der Waals surface area contributed by atoms with Gasteiger partial charge in [0, 0.05) is 36.1 Å². The maximum absolute atomic E-state index is 8.46. The number of rotatable bonds is 7. The summed E-state index contributed by atoms with van der Waals surface area (Å²) in [6.45, 7) is 8.10. The third-order valence-corrected chi connectivity index (χ3v) is 9.38. The molecule has 2 saturated heterocycles. The molecule has 204 valence electrons. The van der Waals surface area contributed by atoms with E-state index in [0.717, 1.165) is 51.0 Å². The van der Waals surface area contributed by atoms with Gasteiger partial charge in [-0.1, -0.05) is 45.2 Å². The Labute approximate surface area is 218 Å². The van der Waals surface area contributed by atoms with Crippen molar-refractivity contribution >= 4 is 18.8 Å². The second-order valence-electron chi connectivity index (χ2n) is 11.2. The maximum atomic E-state index is 8.46. The third kappa shape index (κ3) is 10.7. The number of hydrogen-bond acceptors (Lipinski definition) is 6. The van der Waals surface area contributed by atoms with Crippen LogP contribution in [0.25, 0.3) is 10.4 Å². The van der Waals surface area contributed by atoms with Gasteiger partial charge in [-0.15, -0.1) is 0 Å². The summed E-state index contributed by atoms with van der Waals surface area (Å²) in [7, 11) is 5.50. The van der Waals surface area contributed by atoms with E-state index >= 15 is 0 Å². The van der Waals surface area contributed by atoms with Crippen molar-refractivity contribution in [3.05, 3.63) is 10.4 Å². The highest BCUT2D eigenvalue weighted by Crippen LogP contribution is 2.29. The second kappa shape index (κ2) is 16.0. The van der Waals surface area contributed by atoms with E-state index in [4.69, 9.17) is 20.7 Å². The van der Waals surface area contributed by atoms with E-state index in [9.17, 15) is 0 Å². The molecular formula is C25H52N6O2P2. The minimum absolute atomic E-state index is 0. The van der Waals surface area contributed by atoms with E-state index in [1.54, 1.807) is 0 Å². The minimum Gasteiger partial charge on any atom is -0.377 e. The number of hydrogen-bond donors (Lipinski definition) is 1. The molecule has 4 rings (SSSR count). The number of azide groups is 1. The van der Waals surface area contributed by atoms with E-state index in [2.05, 4.69) is 52.0 Å². The Balaban J connectivity index is 0.000000241. The zero-order valence-corrected chi connectivity index (χ0v) is 23.6. The van der Waals surface area contributed by atoms with Gasteiger partial charge in [0.05, 0.1) is 31.5 Å². The largest absolute Gasteiger partial charge is 0.377 e. The van der Waals surface area contributed by atoms with E-state index < -0.39 is 0 Å². The molecule has 2 N–H and O–H groups in total. The highest BCUT2D eigenvalue weighted by atomic mass is 31.0. The van der Waals surface area contributed by atoms with Crippen molar-refractivity contribution < 1.29 is 9.47 Å². The van der Waals surface area contributed by atoms with Gasteiger partial charge >= 0.3 is 0 Å². The topological polar surface area (TPSA) is 99.7 Å². The summed E-state index contributed by atoms with van der Waals surface area (Å²) in [5.41, 5.74) is 14.4. The summed E-state index contributed by atoms with van der Waals surface area (Å²) >= 11 is 0. The van der Waals surface area contributed by atoms with Gasteiger partial charge < -0.3 is 15.2 Å². The van der Waals surface area contributed by atoms with E-state index in [0.29, 0.717) is 30.3 Å². The first kappa shape index (κ1) is 31.2. The second-order valence-corrected chi connectivity index (χ2v) is 12.5. The Kier molecular flexibility index (Phi) is 14.3. The molecule has 4 aliphatic rings. The predicted molar refractivity (Wildman–Crippen MR) is 152 cm³/mol. The Morgan fingerprint density at radius 3 is 1.71 bits per heavy atom. The molecule has 2 aliphatic heterocycles. The van der Waals surface area contributed by atoms with Crippen molar-refractivity contribution in [1.29, 1.82) is 0 Å². The molecule has 2 unspecified atom stereocenters. The van der Waals surface area contributed by atoms with Crippen LogP contribution in [0.5, 0.6) is 0 Å². The Hall–Kier alpha value is -0.0300. The van der Waals surface area contributed by atoms with Crippen LogP contribution in [0, 0.1) is 11.8 Å². The lowest BCUT2D eigenvalue weighted by molar-refractivity contribution is 0.00332. The van der Waals surface area contributed by atoms with Crippen LogP contribution >= 0.6 is 18.8 Å². The first-order chi connectivity index (χ1) is 16.3. The van der Waals surface area contributed by atoms with Gasteiger partial charge in [-0.3, -0.25) is 9.34 Å². The molecular weight excluding hydrogens is 478 g/mol. The highest BCUT2D eigenvalue weighted by Gasteiger charge is 2.31. The summed E-state index contributed by atoms with van der Waals surface area (Å²) in [5.74, 6) is 1.77. The average Bonchev–Trinajstić information content (AvgIpc) is 3.33. The van der Waals surface area contributed by atoms with Gasteiger partial charge in [0.25, 0.3) is 0 Å². The fourth-order valence-corrected chi connectivity index (χ4v) is 6.60. The summed E-state index contributed by atoms with van der Waals surface area (Å²) in [6.07, 6.45) is 13.1. The van der Waals surface area contributed by atoms with E-state index in [1.807, 2.05) is 0 Å². The van der Waals surface area contributed by atoms with Gasteiger partial charge in [-0.05, 0) is 81.6 Å². The molecule has 4 fully saturated rings. The summed E-state index contributed by atoms with van der Waals surface area (Å²) in [5, 5.41) is 3.80. The van der Waals surface area contributed by atoms with E-state index in [-0.39, 0.29) is 13.5 Å². The Bertz CT molecular complexity index is 639. The van der Waals surface area contributed by atoms with Crippen molar-refractivity contribution in [3.63, 3.8) is 0 Å². The quantitative estimate of drug-likeness (QED) is 0.202. The molecule has 0 aromatic rings. The number of nitrogens with two attached hydrogens (primary N) is 1. The van der Waals surface area contributed by atoms with Crippen LogP contribution < -0.4 is 5.73 Å². The van der Waals surface area contributed by atoms with Crippen LogP contribution in [-0.2, 0) is 9.47 Å². The maximum Gasteiger partial charge on any atom is 0.0629 e. The van der Waals surface area contributed by atoms with Gasteiger partial charge in [0.15, 0.2) is 0 Å². The minimum atomic E-state index is 0. The van der Waals surface area contributed by atoms with Gasteiger partial charge in [-0.2, -0.15) is 0 Å². The van der Waals surface area contributed by atoms with Crippen molar-refractivity contribution in [2.45, 2.75) is 122 Å². The Morgan fingerprint density at radius 1 is 0.829 bits per heavy atom. The monoisotopic (exact) mass is 530 g/mol. The standard InChI is InChI=1S/C12H23N4OP.C12H25N2OP.CH4/c1-9-2-4-12(5-3-9)17-8-11-6-10(14-15-13)7-16(11)18;1-9-2-4-12(5-3-9)15-8-11-6-10(13)7-14(11)16;/h9-12H,2-8,18H2,1H3;9-12H,2-8,13,16H2,1H3;1H4/t2*9?,10-,11-,12?;/m00./s1. The zero-order chi connectivity index (χ0) is 24.5. The molecule has 35 heavy (non-hydrogen) atoms. The molecule has 0 amide bonds. The van der Waals surface area contributed by atoms with Crippen LogP contribution in [0.4, 0.5) is 0 Å². The lowest BCUT2D eigenvalue weighted by atomic mass is 9.89. The molecule has 0 spiro atoms. The van der Waals surface area contributed by atoms with Crippen molar-refractivity contribution in [2.75, 3.05) is 26.3 Å². The first-order valence-electron chi connectivity index (χ1n) is 13.4. The molecule has 8 nitrogen and oxygen atoms in total. The van der Waals surface area contributed by atoms with Gasteiger partial charge in [-0.25, -0.2) is 0 Å². The summed E-state index contributed by atoms with van der Waals surface area (Å²) in [4.78, 5) is 2.89. The highest BCUT2D eigenvalue weighted by molar-refractivity contribution is 7.13. The molecule has 0 radical (unpaired) electrons. The normalized spacial score (nSPS) is 38.2. The van der Waals surface area contributed by atoms with Crippen LogP contribution in [-0.4, -0.2) is 72.0 Å². The van der Waals surface area contributed by atoms with Crippen molar-refractivity contribution in [1.82, 2.24) is 9.34 Å². The van der Waals surface area contributed by atoms with Gasteiger partial charge in [0.1, 0.15) is 0 Å². The van der Waals surface area contributed by atoms with Crippen molar-refractivity contribution in [2.24, 2.45) is 22.7 Å². The first-order valence-corrected chi connectivity index (χ1v) is 14.4. The van der Waals surface area contributed by atoms with Crippen LogP contribution in [0.1, 0.15) is 85.5 Å².